The van der Waals surface area contributed by atoms with Crippen molar-refractivity contribution in [2.24, 2.45) is 11.8 Å². The molecule has 1 amide bonds. The van der Waals surface area contributed by atoms with Crippen molar-refractivity contribution in [1.82, 2.24) is 9.62 Å². The summed E-state index contributed by atoms with van der Waals surface area (Å²) in [6, 6.07) is 5.85. The van der Waals surface area contributed by atoms with Crippen molar-refractivity contribution in [2.45, 2.75) is 148 Å². The maximum absolute atomic E-state index is 14.3. The third-order valence-corrected chi connectivity index (χ3v) is 17.7. The van der Waals surface area contributed by atoms with Gasteiger partial charge in [0.1, 0.15) is 17.7 Å². The van der Waals surface area contributed by atoms with Crippen LogP contribution in [0.3, 0.4) is 0 Å². The fourth-order valence-electron chi connectivity index (χ4n) is 5.94. The summed E-state index contributed by atoms with van der Waals surface area (Å²) in [5.74, 6) is 0.773. The molecule has 1 N–H and O–H groups in total. The van der Waals surface area contributed by atoms with Crippen LogP contribution in [0.4, 0.5) is 4.79 Å². The van der Waals surface area contributed by atoms with Gasteiger partial charge in [0.05, 0.1) is 43.5 Å². The summed E-state index contributed by atoms with van der Waals surface area (Å²) in [5, 5.41) is 2.96. The SMILES string of the molecule is CCOP(=O)(COC1CCC(C[C@H](NC(=O)OC(C)(C)C)[C@@H](CN(CC(C)C)S(=O)(=O)c2ccc(OC)cc2)O[Si](C)(C)C(C)(C)C)CC1)OCC. The molecule has 1 aliphatic rings. The Hall–Kier alpha value is -1.51. The van der Waals surface area contributed by atoms with Crippen molar-refractivity contribution in [3.8, 4) is 5.75 Å². The van der Waals surface area contributed by atoms with Gasteiger partial charge in [-0.25, -0.2) is 13.2 Å². The van der Waals surface area contributed by atoms with Gasteiger partial charge >= 0.3 is 13.7 Å². The van der Waals surface area contributed by atoms with Gasteiger partial charge in [0.2, 0.25) is 10.0 Å². The second-order valence-electron chi connectivity index (χ2n) is 16.7. The molecule has 0 radical (unpaired) electrons. The minimum absolute atomic E-state index is 0.0230. The predicted molar refractivity (Wildman–Crippen MR) is 209 cm³/mol. The Morgan fingerprint density at radius 1 is 0.962 bits per heavy atom. The van der Waals surface area contributed by atoms with E-state index in [-0.39, 0.29) is 60.5 Å². The van der Waals surface area contributed by atoms with Gasteiger partial charge in [0.25, 0.3) is 0 Å². The summed E-state index contributed by atoms with van der Waals surface area (Å²) >= 11 is 0. The molecule has 52 heavy (non-hydrogen) atoms. The zero-order valence-corrected chi connectivity index (χ0v) is 36.9. The molecule has 1 saturated carbocycles. The highest BCUT2D eigenvalue weighted by atomic mass is 32.2. The van der Waals surface area contributed by atoms with Gasteiger partial charge in [-0.1, -0.05) is 34.6 Å². The zero-order valence-electron chi connectivity index (χ0n) is 34.2. The summed E-state index contributed by atoms with van der Waals surface area (Å²) in [7, 11) is -8.25. The monoisotopic (exact) mass is 792 g/mol. The molecular weight excluding hydrogens is 724 g/mol. The van der Waals surface area contributed by atoms with Crippen molar-refractivity contribution in [3.63, 3.8) is 0 Å². The Bertz CT molecular complexity index is 1380. The average molecular weight is 793 g/mol. The molecule has 1 fully saturated rings. The van der Waals surface area contributed by atoms with Crippen LogP contribution < -0.4 is 10.1 Å². The Balaban J connectivity index is 2.48. The van der Waals surface area contributed by atoms with Crippen LogP contribution in [0.25, 0.3) is 0 Å². The molecule has 0 bridgehead atoms. The van der Waals surface area contributed by atoms with E-state index in [2.05, 4.69) is 39.2 Å². The first-order chi connectivity index (χ1) is 23.9. The Morgan fingerprint density at radius 3 is 1.98 bits per heavy atom. The smallest absolute Gasteiger partial charge is 0.407 e. The van der Waals surface area contributed by atoms with E-state index >= 15 is 0 Å². The number of benzene rings is 1. The van der Waals surface area contributed by atoms with Crippen molar-refractivity contribution in [2.75, 3.05) is 39.8 Å². The number of methoxy groups -OCH3 is 1. The van der Waals surface area contributed by atoms with Gasteiger partial charge in [0.15, 0.2) is 8.32 Å². The number of nitrogens with one attached hydrogen (secondary N) is 1. The number of carbonyl (C=O) groups is 1. The molecule has 2 atom stereocenters. The molecule has 0 aliphatic heterocycles. The zero-order chi connectivity index (χ0) is 39.5. The van der Waals surface area contributed by atoms with Crippen LogP contribution in [0.5, 0.6) is 5.75 Å². The molecule has 0 saturated heterocycles. The molecule has 0 aromatic heterocycles. The topological polar surface area (TPSA) is 139 Å². The maximum atomic E-state index is 14.3. The van der Waals surface area contributed by atoms with Crippen LogP contribution in [-0.4, -0.2) is 90.7 Å². The van der Waals surface area contributed by atoms with E-state index in [0.29, 0.717) is 12.2 Å². The van der Waals surface area contributed by atoms with E-state index in [1.165, 1.54) is 11.4 Å². The summed E-state index contributed by atoms with van der Waals surface area (Å²) in [6.45, 7) is 24.5. The minimum Gasteiger partial charge on any atom is -0.497 e. The third kappa shape index (κ3) is 15.0. The van der Waals surface area contributed by atoms with E-state index in [9.17, 15) is 17.8 Å². The van der Waals surface area contributed by atoms with Gasteiger partial charge in [-0.15, -0.1) is 0 Å². The average Bonchev–Trinajstić information content (AvgIpc) is 3.02. The van der Waals surface area contributed by atoms with Crippen molar-refractivity contribution in [1.29, 1.82) is 0 Å². The summed E-state index contributed by atoms with van der Waals surface area (Å²) in [4.78, 5) is 13.6. The molecular formula is C37H69N2O10PSSi. The lowest BCUT2D eigenvalue weighted by atomic mass is 9.82. The standard InChI is InChI=1S/C37H69N2O10PSSi/c1-14-46-50(41,47-15-2)27-45-31-18-16-29(17-19-31)24-33(38-35(40)48-36(5,6)7)34(49-52(12,13)37(8,9)10)26-39(25-28(3)4)51(42,43)32-22-20-30(44-11)21-23-32/h20-23,28-29,31,33-34H,14-19,24-27H2,1-13H3,(H,38,40)/t29?,31?,33-,34+/m0/s1. The van der Waals surface area contributed by atoms with Gasteiger partial charge in [-0.3, -0.25) is 4.57 Å². The maximum Gasteiger partial charge on any atom is 0.407 e. The molecule has 15 heteroatoms. The van der Waals surface area contributed by atoms with Crippen molar-refractivity contribution < 1.29 is 45.5 Å². The number of rotatable bonds is 20. The highest BCUT2D eigenvalue weighted by Crippen LogP contribution is 2.49. The lowest BCUT2D eigenvalue weighted by Gasteiger charge is -2.44. The van der Waals surface area contributed by atoms with Crippen LogP contribution in [0.2, 0.25) is 18.1 Å². The minimum atomic E-state index is -3.96. The summed E-state index contributed by atoms with van der Waals surface area (Å²) in [6.07, 6.45) is 2.20. The van der Waals surface area contributed by atoms with E-state index < -0.39 is 49.8 Å². The second kappa shape index (κ2) is 19.9. The first-order valence-electron chi connectivity index (χ1n) is 18.8. The fourth-order valence-corrected chi connectivity index (χ4v) is 10.3. The molecule has 0 heterocycles. The molecule has 1 aromatic rings. The quantitative estimate of drug-likeness (QED) is 0.101. The molecule has 0 unspecified atom stereocenters. The highest BCUT2D eigenvalue weighted by molar-refractivity contribution is 7.89. The molecule has 1 aliphatic carbocycles. The van der Waals surface area contributed by atoms with Crippen molar-refractivity contribution in [3.05, 3.63) is 24.3 Å². The van der Waals surface area contributed by atoms with Crippen LogP contribution in [0.1, 0.15) is 101 Å². The van der Waals surface area contributed by atoms with E-state index in [4.69, 9.17) is 27.7 Å². The first-order valence-corrected chi connectivity index (χ1v) is 24.8. The summed E-state index contributed by atoms with van der Waals surface area (Å²) < 4.78 is 78.1. The van der Waals surface area contributed by atoms with Crippen molar-refractivity contribution >= 4 is 32.0 Å². The third-order valence-electron chi connectivity index (χ3n) is 9.55. The van der Waals surface area contributed by atoms with Crippen LogP contribution in [0.15, 0.2) is 29.2 Å². The largest absolute Gasteiger partial charge is 0.497 e. The Labute approximate surface area is 316 Å². The molecule has 0 spiro atoms. The van der Waals surface area contributed by atoms with Crippen LogP contribution >= 0.6 is 7.60 Å². The molecule has 12 nitrogen and oxygen atoms in total. The van der Waals surface area contributed by atoms with E-state index in [1.807, 2.05) is 34.6 Å². The van der Waals surface area contributed by atoms with Gasteiger partial charge in [0, 0.05) is 13.1 Å². The van der Waals surface area contributed by atoms with Gasteiger partial charge in [-0.05, 0) is 121 Å². The number of carbonyl (C=O) groups excluding carboxylic acids is 1. The highest BCUT2D eigenvalue weighted by Gasteiger charge is 2.44. The van der Waals surface area contributed by atoms with Gasteiger partial charge in [-0.2, -0.15) is 4.31 Å². The summed E-state index contributed by atoms with van der Waals surface area (Å²) in [5.41, 5.74) is -0.733. The Morgan fingerprint density at radius 2 is 1.52 bits per heavy atom. The number of amides is 1. The first kappa shape index (κ1) is 46.6. The number of hydrogen-bond acceptors (Lipinski definition) is 10. The lowest BCUT2D eigenvalue weighted by Crippen LogP contribution is -2.57. The fraction of sp³-hybridized carbons (Fsp3) is 0.811. The number of hydrogen-bond donors (Lipinski definition) is 1. The molecule has 2 rings (SSSR count). The second-order valence-corrected chi connectivity index (χ2v) is 25.4. The van der Waals surface area contributed by atoms with Crippen LogP contribution in [0, 0.1) is 11.8 Å². The predicted octanol–water partition coefficient (Wildman–Crippen LogP) is 8.81. The lowest BCUT2D eigenvalue weighted by molar-refractivity contribution is 0.0210. The normalized spacial score (nSPS) is 19.1. The molecule has 1 aromatic carbocycles. The van der Waals surface area contributed by atoms with Crippen LogP contribution in [-0.2, 0) is 37.5 Å². The number of alkyl carbamates (subject to hydrolysis) is 1. The molecule has 302 valence electrons. The number of sulfonamides is 1. The Kier molecular flexibility index (Phi) is 17.8. The number of ether oxygens (including phenoxy) is 3. The van der Waals surface area contributed by atoms with E-state index in [0.717, 1.165) is 25.7 Å². The number of nitrogens with zero attached hydrogens (tertiary/aromatic N) is 1. The van der Waals surface area contributed by atoms with Gasteiger partial charge < -0.3 is 33.0 Å². The van der Waals surface area contributed by atoms with E-state index in [1.54, 1.807) is 38.1 Å².